The molecule has 5 heteroatoms. The molecule has 0 saturated carbocycles. The van der Waals surface area contributed by atoms with E-state index in [0.29, 0.717) is 6.42 Å². The average Bonchev–Trinajstić information content (AvgIpc) is 2.16. The molecule has 90 valence electrons. The van der Waals surface area contributed by atoms with E-state index < -0.39 is 12.0 Å². The molecule has 0 aromatic heterocycles. The van der Waals surface area contributed by atoms with Gasteiger partial charge in [-0.3, -0.25) is 10.1 Å². The van der Waals surface area contributed by atoms with Gasteiger partial charge in [0, 0.05) is 0 Å². The number of rotatable bonds is 7. The summed E-state index contributed by atoms with van der Waals surface area (Å²) in [5.74, 6) is 1.16. The first-order chi connectivity index (χ1) is 7.47. The Hall–Kier alpha value is -1.54. The molecule has 0 unspecified atom stereocenters. The summed E-state index contributed by atoms with van der Waals surface area (Å²) >= 11 is 0. The molecule has 1 atom stereocenters. The average molecular weight is 226 g/mol. The predicted octanol–water partition coefficient (Wildman–Crippen LogP) is -0.175. The molecule has 5 nitrogen and oxygen atoms in total. The number of hydrogen-bond donors (Lipinski definition) is 3. The molecule has 0 aliphatic rings. The summed E-state index contributed by atoms with van der Waals surface area (Å²) in [4.78, 5) is 22.1. The number of aliphatic carboxylic acids is 1. The topological polar surface area (TPSA) is 78.4 Å². The summed E-state index contributed by atoms with van der Waals surface area (Å²) in [6, 6.07) is -0.833. The Bertz CT molecular complexity index is 281. The van der Waals surface area contributed by atoms with Crippen LogP contribution in [0, 0.1) is 18.3 Å². The van der Waals surface area contributed by atoms with E-state index in [-0.39, 0.29) is 24.9 Å². The summed E-state index contributed by atoms with van der Waals surface area (Å²) in [6.07, 6.45) is 5.40. The van der Waals surface area contributed by atoms with Crippen LogP contribution < -0.4 is 10.6 Å². The van der Waals surface area contributed by atoms with Gasteiger partial charge in [0.05, 0.1) is 13.1 Å². The van der Waals surface area contributed by atoms with E-state index in [1.54, 1.807) is 0 Å². The predicted molar refractivity (Wildman–Crippen MR) is 60.7 cm³/mol. The molecule has 0 saturated heterocycles. The first-order valence-electron chi connectivity index (χ1n) is 5.13. The van der Waals surface area contributed by atoms with Gasteiger partial charge in [0.2, 0.25) is 5.91 Å². The van der Waals surface area contributed by atoms with Crippen molar-refractivity contribution in [3.63, 3.8) is 0 Å². The molecule has 0 aliphatic carbocycles. The van der Waals surface area contributed by atoms with Crippen LogP contribution in [0.15, 0.2) is 0 Å². The number of carboxylic acids is 1. The van der Waals surface area contributed by atoms with Crippen LogP contribution in [0.5, 0.6) is 0 Å². The molecule has 16 heavy (non-hydrogen) atoms. The summed E-state index contributed by atoms with van der Waals surface area (Å²) in [5.41, 5.74) is 0. The fraction of sp³-hybridized carbons (Fsp3) is 0.636. The van der Waals surface area contributed by atoms with Crippen LogP contribution in [-0.2, 0) is 9.59 Å². The van der Waals surface area contributed by atoms with Gasteiger partial charge in [-0.1, -0.05) is 19.8 Å². The lowest BCUT2D eigenvalue weighted by Crippen LogP contribution is -2.45. The Labute approximate surface area is 95.6 Å². The molecule has 0 rings (SSSR count). The van der Waals surface area contributed by atoms with E-state index in [2.05, 4.69) is 16.6 Å². The van der Waals surface area contributed by atoms with Gasteiger partial charge < -0.3 is 10.4 Å². The number of hydrogen-bond acceptors (Lipinski definition) is 3. The third-order valence-corrected chi connectivity index (χ3v) is 1.85. The van der Waals surface area contributed by atoms with E-state index in [0.717, 1.165) is 0 Å². The molecule has 0 fully saturated rings. The lowest BCUT2D eigenvalue weighted by Gasteiger charge is -2.16. The van der Waals surface area contributed by atoms with E-state index in [1.807, 2.05) is 13.8 Å². The van der Waals surface area contributed by atoms with Crippen molar-refractivity contribution in [2.45, 2.75) is 26.3 Å². The van der Waals surface area contributed by atoms with E-state index >= 15 is 0 Å². The van der Waals surface area contributed by atoms with Crippen LogP contribution in [0.3, 0.4) is 0 Å². The number of nitrogens with one attached hydrogen (secondary N) is 2. The van der Waals surface area contributed by atoms with Crippen LogP contribution in [0.25, 0.3) is 0 Å². The SMILES string of the molecule is C#CCNCC(=O)N[C@H](CC(C)C)C(=O)O. The minimum absolute atomic E-state index is 0.0338. The lowest BCUT2D eigenvalue weighted by atomic mass is 10.0. The van der Waals surface area contributed by atoms with Gasteiger partial charge in [-0.15, -0.1) is 6.42 Å². The first kappa shape index (κ1) is 14.5. The van der Waals surface area contributed by atoms with Gasteiger partial charge in [-0.2, -0.15) is 0 Å². The maximum atomic E-state index is 11.3. The van der Waals surface area contributed by atoms with Crippen molar-refractivity contribution in [3.05, 3.63) is 0 Å². The Morgan fingerprint density at radius 3 is 2.50 bits per heavy atom. The normalized spacial score (nSPS) is 11.9. The highest BCUT2D eigenvalue weighted by atomic mass is 16.4. The summed E-state index contributed by atoms with van der Waals surface area (Å²) in [6.45, 7) is 4.12. The summed E-state index contributed by atoms with van der Waals surface area (Å²) in [5, 5.41) is 14.0. The van der Waals surface area contributed by atoms with Crippen LogP contribution in [0.4, 0.5) is 0 Å². The molecule has 0 aromatic rings. The lowest BCUT2D eigenvalue weighted by molar-refractivity contribution is -0.142. The highest BCUT2D eigenvalue weighted by Crippen LogP contribution is 2.04. The van der Waals surface area contributed by atoms with Gasteiger partial charge in [-0.25, -0.2) is 4.79 Å². The smallest absolute Gasteiger partial charge is 0.326 e. The van der Waals surface area contributed by atoms with Crippen LogP contribution >= 0.6 is 0 Å². The van der Waals surface area contributed by atoms with Gasteiger partial charge in [0.15, 0.2) is 0 Å². The largest absolute Gasteiger partial charge is 0.480 e. The number of carbonyl (C=O) groups is 2. The van der Waals surface area contributed by atoms with Gasteiger partial charge in [0.1, 0.15) is 6.04 Å². The Morgan fingerprint density at radius 2 is 2.06 bits per heavy atom. The second-order valence-corrected chi connectivity index (χ2v) is 3.90. The van der Waals surface area contributed by atoms with Gasteiger partial charge in [-0.05, 0) is 12.3 Å². The molecule has 3 N–H and O–H groups in total. The van der Waals surface area contributed by atoms with Crippen molar-refractivity contribution in [1.29, 1.82) is 0 Å². The van der Waals surface area contributed by atoms with Crippen molar-refractivity contribution in [3.8, 4) is 12.3 Å². The Balaban J connectivity index is 4.04. The van der Waals surface area contributed by atoms with Crippen LogP contribution in [0.2, 0.25) is 0 Å². The van der Waals surface area contributed by atoms with Crippen molar-refractivity contribution in [2.24, 2.45) is 5.92 Å². The zero-order valence-electron chi connectivity index (χ0n) is 9.62. The second kappa shape index (κ2) is 7.71. The standard InChI is InChI=1S/C11H18N2O3/c1-4-5-12-7-10(14)13-9(11(15)16)6-8(2)3/h1,8-9,12H,5-7H2,2-3H3,(H,13,14)(H,15,16)/t9-/m1/s1. The zero-order valence-corrected chi connectivity index (χ0v) is 9.62. The number of carboxylic acid groups (broad SMARTS) is 1. The zero-order chi connectivity index (χ0) is 12.6. The first-order valence-corrected chi connectivity index (χ1v) is 5.13. The highest BCUT2D eigenvalue weighted by Gasteiger charge is 2.20. The van der Waals surface area contributed by atoms with Crippen molar-refractivity contribution in [2.75, 3.05) is 13.1 Å². The molecule has 0 aromatic carbocycles. The van der Waals surface area contributed by atoms with Crippen molar-refractivity contribution < 1.29 is 14.7 Å². The maximum Gasteiger partial charge on any atom is 0.326 e. The van der Waals surface area contributed by atoms with Gasteiger partial charge >= 0.3 is 5.97 Å². The van der Waals surface area contributed by atoms with E-state index in [9.17, 15) is 9.59 Å². The number of terminal acetylenes is 1. The highest BCUT2D eigenvalue weighted by molar-refractivity contribution is 5.84. The van der Waals surface area contributed by atoms with Crippen molar-refractivity contribution >= 4 is 11.9 Å². The van der Waals surface area contributed by atoms with E-state index in [1.165, 1.54) is 0 Å². The van der Waals surface area contributed by atoms with Crippen LogP contribution in [-0.4, -0.2) is 36.1 Å². The van der Waals surface area contributed by atoms with Gasteiger partial charge in [0.25, 0.3) is 0 Å². The molecule has 0 radical (unpaired) electrons. The number of carbonyl (C=O) groups excluding carboxylic acids is 1. The van der Waals surface area contributed by atoms with E-state index in [4.69, 9.17) is 11.5 Å². The monoisotopic (exact) mass is 226 g/mol. The number of amides is 1. The minimum Gasteiger partial charge on any atom is -0.480 e. The Kier molecular flexibility index (Phi) is 6.97. The Morgan fingerprint density at radius 1 is 1.44 bits per heavy atom. The maximum absolute atomic E-state index is 11.3. The minimum atomic E-state index is -1.01. The molecule has 0 aliphatic heterocycles. The molecule has 0 bridgehead atoms. The molecular formula is C11H18N2O3. The molecular weight excluding hydrogens is 208 g/mol. The van der Waals surface area contributed by atoms with Crippen LogP contribution in [0.1, 0.15) is 20.3 Å². The third-order valence-electron chi connectivity index (χ3n) is 1.85. The fourth-order valence-corrected chi connectivity index (χ4v) is 1.19. The molecule has 0 spiro atoms. The molecule has 0 heterocycles. The second-order valence-electron chi connectivity index (χ2n) is 3.90. The quantitative estimate of drug-likeness (QED) is 0.416. The fourth-order valence-electron chi connectivity index (χ4n) is 1.19. The molecule has 1 amide bonds. The summed E-state index contributed by atoms with van der Waals surface area (Å²) < 4.78 is 0. The van der Waals surface area contributed by atoms with Crippen molar-refractivity contribution in [1.82, 2.24) is 10.6 Å². The third kappa shape index (κ3) is 6.85. The summed E-state index contributed by atoms with van der Waals surface area (Å²) in [7, 11) is 0.